The number of allylic oxidation sites excluding steroid dienone is 1. The lowest BCUT2D eigenvalue weighted by molar-refractivity contribution is 0.0439. The molecule has 1 heteroatoms. The van der Waals surface area contributed by atoms with Crippen LogP contribution in [0.5, 0.6) is 0 Å². The van der Waals surface area contributed by atoms with Crippen molar-refractivity contribution in [2.45, 2.75) is 40.2 Å². The summed E-state index contributed by atoms with van der Waals surface area (Å²) in [6, 6.07) is 0. The molecule has 0 aliphatic rings. The minimum Gasteiger partial charge on any atom is -0.390 e. The standard InChI is InChI=1S/C10H20O/c1-8(2)6-7-9(3)10(4,5)11/h6-9,11H,1-5H3/b7-6+/t9-/m0/s1. The van der Waals surface area contributed by atoms with Crippen LogP contribution >= 0.6 is 0 Å². The molecule has 0 aliphatic carbocycles. The van der Waals surface area contributed by atoms with Crippen LogP contribution < -0.4 is 0 Å². The second-order valence-electron chi connectivity index (χ2n) is 4.07. The average molecular weight is 156 g/mol. The molecule has 1 N–H and O–H groups in total. The normalized spacial score (nSPS) is 16.3. The predicted molar refractivity (Wildman–Crippen MR) is 49.4 cm³/mol. The van der Waals surface area contributed by atoms with Gasteiger partial charge in [-0.3, -0.25) is 0 Å². The number of aliphatic hydroxyl groups is 1. The van der Waals surface area contributed by atoms with E-state index >= 15 is 0 Å². The maximum atomic E-state index is 9.55. The van der Waals surface area contributed by atoms with Crippen LogP contribution in [0, 0.1) is 11.8 Å². The molecule has 0 saturated carbocycles. The number of rotatable bonds is 3. The van der Waals surface area contributed by atoms with Gasteiger partial charge in [-0.2, -0.15) is 0 Å². The van der Waals surface area contributed by atoms with Gasteiger partial charge in [0.05, 0.1) is 5.60 Å². The summed E-state index contributed by atoms with van der Waals surface area (Å²) >= 11 is 0. The Balaban J connectivity index is 3.97. The lowest BCUT2D eigenvalue weighted by Crippen LogP contribution is -2.26. The highest BCUT2D eigenvalue weighted by atomic mass is 16.3. The molecule has 0 saturated heterocycles. The van der Waals surface area contributed by atoms with E-state index < -0.39 is 5.60 Å². The monoisotopic (exact) mass is 156 g/mol. The highest BCUT2D eigenvalue weighted by molar-refractivity contribution is 4.94. The van der Waals surface area contributed by atoms with Crippen molar-refractivity contribution in [3.05, 3.63) is 12.2 Å². The first kappa shape index (κ1) is 10.7. The van der Waals surface area contributed by atoms with Gasteiger partial charge in [-0.05, 0) is 19.8 Å². The van der Waals surface area contributed by atoms with Gasteiger partial charge < -0.3 is 5.11 Å². The largest absolute Gasteiger partial charge is 0.390 e. The summed E-state index contributed by atoms with van der Waals surface area (Å²) < 4.78 is 0. The molecule has 0 aromatic carbocycles. The van der Waals surface area contributed by atoms with Gasteiger partial charge in [0.15, 0.2) is 0 Å². The van der Waals surface area contributed by atoms with Crippen molar-refractivity contribution in [2.75, 3.05) is 0 Å². The van der Waals surface area contributed by atoms with Gasteiger partial charge in [-0.1, -0.05) is 32.9 Å². The molecule has 0 heterocycles. The lowest BCUT2D eigenvalue weighted by Gasteiger charge is -2.22. The summed E-state index contributed by atoms with van der Waals surface area (Å²) in [5, 5.41) is 9.55. The van der Waals surface area contributed by atoms with Crippen LogP contribution in [0.25, 0.3) is 0 Å². The van der Waals surface area contributed by atoms with E-state index in [4.69, 9.17) is 0 Å². The van der Waals surface area contributed by atoms with E-state index in [1.54, 1.807) is 0 Å². The Morgan fingerprint density at radius 3 is 1.82 bits per heavy atom. The summed E-state index contributed by atoms with van der Waals surface area (Å²) in [7, 11) is 0. The van der Waals surface area contributed by atoms with Crippen LogP contribution in [0.15, 0.2) is 12.2 Å². The van der Waals surface area contributed by atoms with Crippen molar-refractivity contribution >= 4 is 0 Å². The van der Waals surface area contributed by atoms with Crippen molar-refractivity contribution in [1.29, 1.82) is 0 Å². The molecule has 0 aliphatic heterocycles. The lowest BCUT2D eigenvalue weighted by atomic mass is 9.92. The van der Waals surface area contributed by atoms with Crippen LogP contribution in [0.4, 0.5) is 0 Å². The second kappa shape index (κ2) is 3.91. The fraction of sp³-hybridized carbons (Fsp3) is 0.800. The van der Waals surface area contributed by atoms with Crippen molar-refractivity contribution in [1.82, 2.24) is 0 Å². The Labute approximate surface area is 70.1 Å². The smallest absolute Gasteiger partial charge is 0.0651 e. The fourth-order valence-corrected chi connectivity index (χ4v) is 0.624. The van der Waals surface area contributed by atoms with Gasteiger partial charge in [-0.15, -0.1) is 0 Å². The van der Waals surface area contributed by atoms with E-state index in [1.807, 2.05) is 20.8 Å². The van der Waals surface area contributed by atoms with E-state index in [0.717, 1.165) is 0 Å². The Bertz CT molecular complexity index is 128. The molecule has 0 spiro atoms. The number of hydrogen-bond donors (Lipinski definition) is 1. The van der Waals surface area contributed by atoms with Crippen LogP contribution in [0.1, 0.15) is 34.6 Å². The molecule has 0 aromatic rings. The minimum atomic E-state index is -0.592. The molecular formula is C10H20O. The predicted octanol–water partition coefficient (Wildman–Crippen LogP) is 2.61. The molecule has 1 atom stereocenters. The molecule has 0 unspecified atom stereocenters. The first-order valence-corrected chi connectivity index (χ1v) is 4.24. The molecule has 0 amide bonds. The maximum Gasteiger partial charge on any atom is 0.0651 e. The molecular weight excluding hydrogens is 136 g/mol. The van der Waals surface area contributed by atoms with E-state index in [2.05, 4.69) is 26.0 Å². The van der Waals surface area contributed by atoms with Crippen molar-refractivity contribution in [3.8, 4) is 0 Å². The second-order valence-corrected chi connectivity index (χ2v) is 4.07. The van der Waals surface area contributed by atoms with Gasteiger partial charge in [0, 0.05) is 5.92 Å². The van der Waals surface area contributed by atoms with Crippen LogP contribution in [-0.2, 0) is 0 Å². The Kier molecular flexibility index (Phi) is 3.81. The van der Waals surface area contributed by atoms with Crippen molar-refractivity contribution in [3.63, 3.8) is 0 Å². The summed E-state index contributed by atoms with van der Waals surface area (Å²) in [6.07, 6.45) is 4.20. The zero-order chi connectivity index (χ0) is 9.07. The zero-order valence-corrected chi connectivity index (χ0v) is 8.26. The third kappa shape index (κ3) is 5.02. The van der Waals surface area contributed by atoms with E-state index in [0.29, 0.717) is 5.92 Å². The quantitative estimate of drug-likeness (QED) is 0.623. The number of hydrogen-bond acceptors (Lipinski definition) is 1. The summed E-state index contributed by atoms with van der Waals surface area (Å²) in [5.74, 6) is 0.796. The van der Waals surface area contributed by atoms with Gasteiger partial charge >= 0.3 is 0 Å². The van der Waals surface area contributed by atoms with Gasteiger partial charge in [0.1, 0.15) is 0 Å². The summed E-state index contributed by atoms with van der Waals surface area (Å²) in [4.78, 5) is 0. The van der Waals surface area contributed by atoms with E-state index in [9.17, 15) is 5.11 Å². The minimum absolute atomic E-state index is 0.227. The average Bonchev–Trinajstić information content (AvgIpc) is 1.80. The highest BCUT2D eigenvalue weighted by Gasteiger charge is 2.18. The molecule has 0 radical (unpaired) electrons. The molecule has 0 fully saturated rings. The first-order chi connectivity index (χ1) is 4.84. The van der Waals surface area contributed by atoms with Crippen LogP contribution in [-0.4, -0.2) is 10.7 Å². The van der Waals surface area contributed by atoms with Gasteiger partial charge in [0.2, 0.25) is 0 Å². The van der Waals surface area contributed by atoms with E-state index in [-0.39, 0.29) is 5.92 Å². The summed E-state index contributed by atoms with van der Waals surface area (Å²) in [6.45, 7) is 9.96. The third-order valence-corrected chi connectivity index (χ3v) is 1.90. The van der Waals surface area contributed by atoms with Gasteiger partial charge in [-0.25, -0.2) is 0 Å². The Morgan fingerprint density at radius 2 is 1.55 bits per heavy atom. The fourth-order valence-electron chi connectivity index (χ4n) is 0.624. The van der Waals surface area contributed by atoms with Gasteiger partial charge in [0.25, 0.3) is 0 Å². The molecule has 0 rings (SSSR count). The van der Waals surface area contributed by atoms with Crippen molar-refractivity contribution < 1.29 is 5.11 Å². The highest BCUT2D eigenvalue weighted by Crippen LogP contribution is 2.17. The first-order valence-electron chi connectivity index (χ1n) is 4.24. The van der Waals surface area contributed by atoms with Crippen molar-refractivity contribution in [2.24, 2.45) is 11.8 Å². The van der Waals surface area contributed by atoms with E-state index in [1.165, 1.54) is 0 Å². The molecule has 1 nitrogen and oxygen atoms in total. The topological polar surface area (TPSA) is 20.2 Å². The Hall–Kier alpha value is -0.300. The maximum absolute atomic E-state index is 9.55. The molecule has 0 aromatic heterocycles. The zero-order valence-electron chi connectivity index (χ0n) is 8.26. The molecule has 66 valence electrons. The van der Waals surface area contributed by atoms with Crippen LogP contribution in [0.2, 0.25) is 0 Å². The molecule has 11 heavy (non-hydrogen) atoms. The summed E-state index contributed by atoms with van der Waals surface area (Å²) in [5.41, 5.74) is -0.592. The Morgan fingerprint density at radius 1 is 1.09 bits per heavy atom. The third-order valence-electron chi connectivity index (χ3n) is 1.90. The van der Waals surface area contributed by atoms with Crippen LogP contribution in [0.3, 0.4) is 0 Å². The molecule has 0 bridgehead atoms. The SMILES string of the molecule is CC(C)/C=C/[C@H](C)C(C)(C)O.